The van der Waals surface area contributed by atoms with E-state index in [4.69, 9.17) is 11.6 Å². The Bertz CT molecular complexity index is 1340. The maximum absolute atomic E-state index is 13.0. The van der Waals surface area contributed by atoms with Crippen LogP contribution in [-0.4, -0.2) is 45.5 Å². The van der Waals surface area contributed by atoms with E-state index in [0.29, 0.717) is 22.6 Å². The minimum Gasteiger partial charge on any atom is -0.481 e. The van der Waals surface area contributed by atoms with Crippen molar-refractivity contribution in [2.75, 3.05) is 6.54 Å². The van der Waals surface area contributed by atoms with Gasteiger partial charge in [0, 0.05) is 11.6 Å². The van der Waals surface area contributed by atoms with Gasteiger partial charge in [-0.25, -0.2) is 0 Å². The zero-order valence-corrected chi connectivity index (χ0v) is 22.5. The first-order valence-corrected chi connectivity index (χ1v) is 13.1. The summed E-state index contributed by atoms with van der Waals surface area (Å²) in [6.07, 6.45) is -0.405. The third-order valence-electron chi connectivity index (χ3n) is 7.14. The lowest BCUT2D eigenvalue weighted by molar-refractivity contribution is -0.146. The quantitative estimate of drug-likeness (QED) is 0.330. The monoisotopic (exact) mass is 533 g/mol. The van der Waals surface area contributed by atoms with Crippen molar-refractivity contribution >= 4 is 29.4 Å². The van der Waals surface area contributed by atoms with Gasteiger partial charge in [-0.2, -0.15) is 0 Å². The SMILES string of the molecule is CC(C)(C)c1ccc2c(c1)C(=O)N(CC[C@@H](C(=O)O)C(O)CCc1ccc(-c3ccc(Cl)cc3)cc1)C2=O. The molecule has 1 aliphatic heterocycles. The summed E-state index contributed by atoms with van der Waals surface area (Å²) in [5, 5.41) is 21.2. The number of nitrogens with zero attached hydrogens (tertiary/aromatic N) is 1. The van der Waals surface area contributed by atoms with Gasteiger partial charge in [0.15, 0.2) is 0 Å². The molecule has 2 amide bonds. The number of hydrogen-bond acceptors (Lipinski definition) is 4. The second kappa shape index (κ2) is 11.1. The van der Waals surface area contributed by atoms with Crippen LogP contribution in [0.1, 0.15) is 65.5 Å². The fraction of sp³-hybridized carbons (Fsp3) is 0.323. The van der Waals surface area contributed by atoms with Crippen molar-refractivity contribution in [2.45, 2.75) is 51.6 Å². The van der Waals surface area contributed by atoms with Crippen LogP contribution in [0.5, 0.6) is 0 Å². The summed E-state index contributed by atoms with van der Waals surface area (Å²) in [6.45, 7) is 6.02. The third-order valence-corrected chi connectivity index (χ3v) is 7.39. The van der Waals surface area contributed by atoms with Gasteiger partial charge in [0.2, 0.25) is 0 Å². The molecule has 1 unspecified atom stereocenters. The predicted molar refractivity (Wildman–Crippen MR) is 147 cm³/mol. The molecule has 0 fully saturated rings. The number of fused-ring (bicyclic) bond motifs is 1. The molecular formula is C31H32ClNO5. The second-order valence-corrected chi connectivity index (χ2v) is 11.3. The molecule has 38 heavy (non-hydrogen) atoms. The number of carboxylic acid groups (broad SMARTS) is 1. The normalized spacial score (nSPS) is 14.9. The van der Waals surface area contributed by atoms with Crippen molar-refractivity contribution in [2.24, 2.45) is 5.92 Å². The summed E-state index contributed by atoms with van der Waals surface area (Å²) < 4.78 is 0. The number of amides is 2. The molecule has 4 rings (SSSR count). The fourth-order valence-electron chi connectivity index (χ4n) is 4.73. The van der Waals surface area contributed by atoms with E-state index >= 15 is 0 Å². The number of aliphatic carboxylic acids is 1. The zero-order valence-electron chi connectivity index (χ0n) is 21.8. The van der Waals surface area contributed by atoms with Gasteiger partial charge in [0.25, 0.3) is 11.8 Å². The van der Waals surface area contributed by atoms with Gasteiger partial charge in [0.1, 0.15) is 0 Å². The van der Waals surface area contributed by atoms with Crippen LogP contribution in [0.15, 0.2) is 66.7 Å². The number of aliphatic hydroxyl groups is 1. The smallest absolute Gasteiger partial charge is 0.309 e. The second-order valence-electron chi connectivity index (χ2n) is 10.8. The number of benzene rings is 3. The molecule has 198 valence electrons. The molecule has 0 aromatic heterocycles. The van der Waals surface area contributed by atoms with Crippen molar-refractivity contribution in [1.29, 1.82) is 0 Å². The highest BCUT2D eigenvalue weighted by Crippen LogP contribution is 2.30. The van der Waals surface area contributed by atoms with Crippen LogP contribution in [0.4, 0.5) is 0 Å². The predicted octanol–water partition coefficient (Wildman–Crippen LogP) is 5.99. The Morgan fingerprint density at radius 1 is 0.868 bits per heavy atom. The summed E-state index contributed by atoms with van der Waals surface area (Å²) in [4.78, 5) is 38.9. The van der Waals surface area contributed by atoms with Crippen molar-refractivity contribution in [3.8, 4) is 11.1 Å². The van der Waals surface area contributed by atoms with Crippen LogP contribution in [0.3, 0.4) is 0 Å². The maximum atomic E-state index is 13.0. The van der Waals surface area contributed by atoms with Crippen LogP contribution in [0.25, 0.3) is 11.1 Å². The lowest BCUT2D eigenvalue weighted by Gasteiger charge is -2.22. The summed E-state index contributed by atoms with van der Waals surface area (Å²) in [6, 6.07) is 20.7. The Labute approximate surface area is 227 Å². The number of carboxylic acids is 1. The summed E-state index contributed by atoms with van der Waals surface area (Å²) in [5.74, 6) is -3.10. The first-order valence-electron chi connectivity index (χ1n) is 12.7. The first kappa shape index (κ1) is 27.6. The standard InChI is InChI=1S/C31H32ClNO5/c1-31(2,3)22-11-14-24-26(18-22)29(36)33(28(24)35)17-16-25(30(37)38)27(34)15-6-19-4-7-20(8-5-19)21-9-12-23(32)13-10-21/h4-5,7-14,18,25,27,34H,6,15-17H2,1-3H3,(H,37,38)/t25-,27?/m1/s1. The molecule has 6 nitrogen and oxygen atoms in total. The molecule has 1 heterocycles. The molecule has 1 aliphatic rings. The van der Waals surface area contributed by atoms with Crippen molar-refractivity contribution in [3.05, 3.63) is 94.0 Å². The van der Waals surface area contributed by atoms with Crippen molar-refractivity contribution in [3.63, 3.8) is 0 Å². The topological polar surface area (TPSA) is 94.9 Å². The maximum Gasteiger partial charge on any atom is 0.309 e. The fourth-order valence-corrected chi connectivity index (χ4v) is 4.86. The molecule has 0 spiro atoms. The number of hydrogen-bond donors (Lipinski definition) is 2. The highest BCUT2D eigenvalue weighted by atomic mass is 35.5. The number of carbonyl (C=O) groups is 3. The Morgan fingerprint density at radius 3 is 2.03 bits per heavy atom. The molecule has 0 saturated carbocycles. The van der Waals surface area contributed by atoms with E-state index in [-0.39, 0.29) is 24.8 Å². The lowest BCUT2D eigenvalue weighted by Crippen LogP contribution is -2.36. The van der Waals surface area contributed by atoms with Gasteiger partial charge in [0.05, 0.1) is 23.1 Å². The number of carbonyl (C=O) groups excluding carboxylic acids is 2. The van der Waals surface area contributed by atoms with Gasteiger partial charge in [-0.05, 0) is 71.2 Å². The van der Waals surface area contributed by atoms with Crippen molar-refractivity contribution < 1.29 is 24.6 Å². The Hall–Kier alpha value is -3.48. The third kappa shape index (κ3) is 5.98. The molecule has 7 heteroatoms. The van der Waals surface area contributed by atoms with Crippen LogP contribution in [-0.2, 0) is 16.6 Å². The minimum absolute atomic E-state index is 0.0242. The van der Waals surface area contributed by atoms with Crippen LogP contribution in [0.2, 0.25) is 5.02 Å². The van der Waals surface area contributed by atoms with E-state index in [1.165, 1.54) is 0 Å². The minimum atomic E-state index is -1.15. The molecule has 3 aromatic rings. The van der Waals surface area contributed by atoms with Gasteiger partial charge in [-0.3, -0.25) is 19.3 Å². The van der Waals surface area contributed by atoms with Crippen LogP contribution >= 0.6 is 11.6 Å². The Balaban J connectivity index is 1.36. The highest BCUT2D eigenvalue weighted by Gasteiger charge is 2.37. The van der Waals surface area contributed by atoms with Gasteiger partial charge < -0.3 is 10.2 Å². The van der Waals surface area contributed by atoms with Crippen molar-refractivity contribution in [1.82, 2.24) is 4.90 Å². The number of aryl methyl sites for hydroxylation is 1. The molecule has 3 aromatic carbocycles. The Kier molecular flexibility index (Phi) is 8.05. The van der Waals surface area contributed by atoms with E-state index in [9.17, 15) is 24.6 Å². The van der Waals surface area contributed by atoms with E-state index in [1.807, 2.05) is 75.4 Å². The van der Waals surface area contributed by atoms with E-state index in [1.54, 1.807) is 12.1 Å². The largest absolute Gasteiger partial charge is 0.481 e. The van der Waals surface area contributed by atoms with E-state index in [0.717, 1.165) is 27.2 Å². The lowest BCUT2D eigenvalue weighted by atomic mass is 9.85. The molecule has 0 saturated heterocycles. The van der Waals surface area contributed by atoms with Gasteiger partial charge in [-0.15, -0.1) is 0 Å². The number of aliphatic hydroxyl groups excluding tert-OH is 1. The number of imide groups is 1. The van der Waals surface area contributed by atoms with E-state index in [2.05, 4.69) is 0 Å². The van der Waals surface area contributed by atoms with Gasteiger partial charge in [-0.1, -0.05) is 74.8 Å². The van der Waals surface area contributed by atoms with Crippen LogP contribution < -0.4 is 0 Å². The van der Waals surface area contributed by atoms with E-state index < -0.39 is 29.8 Å². The average Bonchev–Trinajstić information content (AvgIpc) is 3.12. The molecule has 2 N–H and O–H groups in total. The number of rotatable bonds is 9. The molecule has 0 aliphatic carbocycles. The Morgan fingerprint density at radius 2 is 1.45 bits per heavy atom. The molecule has 2 atom stereocenters. The average molecular weight is 534 g/mol. The molecule has 0 bridgehead atoms. The van der Waals surface area contributed by atoms with Gasteiger partial charge >= 0.3 is 5.97 Å². The number of halogens is 1. The molecule has 0 radical (unpaired) electrons. The highest BCUT2D eigenvalue weighted by molar-refractivity contribution is 6.30. The molecular weight excluding hydrogens is 502 g/mol. The summed E-state index contributed by atoms with van der Waals surface area (Å²) in [7, 11) is 0. The summed E-state index contributed by atoms with van der Waals surface area (Å²) in [5.41, 5.74) is 4.48. The zero-order chi connectivity index (χ0) is 27.6. The first-order chi connectivity index (χ1) is 18.0. The van der Waals surface area contributed by atoms with Crippen LogP contribution in [0, 0.1) is 5.92 Å². The summed E-state index contributed by atoms with van der Waals surface area (Å²) >= 11 is 5.96.